The summed E-state index contributed by atoms with van der Waals surface area (Å²) in [6.45, 7) is 6.85. The van der Waals surface area contributed by atoms with Gasteiger partial charge in [-0.15, -0.1) is 0 Å². The van der Waals surface area contributed by atoms with Gasteiger partial charge in [0.25, 0.3) is 0 Å². The fraction of sp³-hybridized carbons (Fsp3) is 0.0571. The quantitative estimate of drug-likeness (QED) is 0.145. The Balaban J connectivity index is 1.09. The van der Waals surface area contributed by atoms with Gasteiger partial charge >= 0.3 is 0 Å². The Morgan fingerprint density at radius 1 is 0.351 bits per heavy atom. The Bertz CT molecular complexity index is 4050. The Labute approximate surface area is 435 Å². The van der Waals surface area contributed by atoms with Crippen LogP contribution in [-0.4, -0.2) is 19.4 Å². The summed E-state index contributed by atoms with van der Waals surface area (Å²) in [6, 6.07) is 101. The first-order valence-corrected chi connectivity index (χ1v) is 28.0. The third kappa shape index (κ3) is 6.86. The maximum atomic E-state index is 2.61. The van der Waals surface area contributed by atoms with Crippen molar-refractivity contribution in [1.82, 2.24) is 4.57 Å². The predicted octanol–water partition coefficient (Wildman–Crippen LogP) is 13.1. The third-order valence-corrected chi connectivity index (χ3v) is 21.0. The van der Waals surface area contributed by atoms with Crippen LogP contribution in [0.5, 0.6) is 0 Å². The number of hydrogen-bond acceptors (Lipinski definition) is 1. The highest BCUT2D eigenvalue weighted by Crippen LogP contribution is 2.42. The lowest BCUT2D eigenvalue weighted by molar-refractivity contribution is 0.590. The molecule has 11 aromatic carbocycles. The molecule has 2 aliphatic heterocycles. The largest absolute Gasteiger partial charge is 0.312 e. The van der Waals surface area contributed by atoms with Gasteiger partial charge in [-0.2, -0.15) is 0 Å². The van der Waals surface area contributed by atoms with Gasteiger partial charge in [0, 0.05) is 33.5 Å². The van der Waals surface area contributed by atoms with E-state index >= 15 is 0 Å². The maximum absolute atomic E-state index is 3.05. The highest BCUT2D eigenvalue weighted by Gasteiger charge is 2.53. The van der Waals surface area contributed by atoms with E-state index in [4.69, 9.17) is 0 Å². The molecule has 1 aromatic heterocycles. The van der Waals surface area contributed by atoms with E-state index in [1.807, 2.05) is 0 Å². The number of aromatic nitrogens is 1. The summed E-state index contributed by atoms with van der Waals surface area (Å²) < 4.78 is 2.50. The van der Waals surface area contributed by atoms with E-state index in [2.05, 4.69) is 297 Å². The monoisotopic (exact) mass is 960 g/mol. The zero-order chi connectivity index (χ0) is 49.5. The molecule has 0 spiro atoms. The third-order valence-electron chi connectivity index (χ3n) is 16.1. The molecule has 350 valence electrons. The van der Waals surface area contributed by atoms with Crippen molar-refractivity contribution in [3.05, 3.63) is 272 Å². The van der Waals surface area contributed by atoms with E-state index in [1.54, 1.807) is 0 Å². The van der Waals surface area contributed by atoms with Gasteiger partial charge in [0.2, 0.25) is 6.71 Å². The van der Waals surface area contributed by atoms with E-state index in [1.165, 1.54) is 109 Å². The molecule has 0 saturated carbocycles. The lowest BCUT2D eigenvalue weighted by atomic mass is 9.34. The summed E-state index contributed by atoms with van der Waals surface area (Å²) in [6.07, 6.45) is 0. The molecule has 0 radical (unpaired) electrons. The maximum Gasteiger partial charge on any atom is 0.246 e. The fourth-order valence-electron chi connectivity index (χ4n) is 12.7. The first kappa shape index (κ1) is 44.0. The molecule has 0 atom stereocenters. The molecule has 2 aliphatic rings. The summed E-state index contributed by atoms with van der Waals surface area (Å²) in [5.41, 5.74) is 19.9. The second kappa shape index (κ2) is 17.2. The Kier molecular flexibility index (Phi) is 10.3. The predicted molar refractivity (Wildman–Crippen MR) is 319 cm³/mol. The van der Waals surface area contributed by atoms with Crippen LogP contribution in [0, 0.1) is 0 Å². The minimum absolute atomic E-state index is 0.0373. The number of nitrogens with zero attached hydrogens (tertiary/aromatic N) is 2. The minimum Gasteiger partial charge on any atom is -0.312 e. The van der Waals surface area contributed by atoms with Gasteiger partial charge < -0.3 is 9.47 Å². The van der Waals surface area contributed by atoms with Gasteiger partial charge in [-0.25, -0.2) is 0 Å². The average Bonchev–Trinajstić information content (AvgIpc) is 3.81. The molecule has 2 nitrogen and oxygen atoms in total. The Morgan fingerprint density at radius 2 is 0.878 bits per heavy atom. The molecule has 0 unspecified atom stereocenters. The summed E-state index contributed by atoms with van der Waals surface area (Å²) in [5, 5.41) is 8.16. The van der Waals surface area contributed by atoms with E-state index in [-0.39, 0.29) is 12.1 Å². The molecule has 14 rings (SSSR count). The number of anilines is 3. The molecule has 0 fully saturated rings. The van der Waals surface area contributed by atoms with Crippen LogP contribution >= 0.6 is 0 Å². The van der Waals surface area contributed by atoms with E-state index in [0.717, 1.165) is 11.4 Å². The molecule has 4 heteroatoms. The van der Waals surface area contributed by atoms with Gasteiger partial charge in [0.05, 0.1) is 11.0 Å². The van der Waals surface area contributed by atoms with Crippen molar-refractivity contribution in [1.29, 1.82) is 0 Å². The van der Waals surface area contributed by atoms with Crippen LogP contribution in [0.1, 0.15) is 26.3 Å². The molecule has 74 heavy (non-hydrogen) atoms. The van der Waals surface area contributed by atoms with Crippen LogP contribution in [0.25, 0.3) is 60.9 Å². The fourth-order valence-corrected chi connectivity index (χ4v) is 18.0. The average molecular weight is 961 g/mol. The number of fused-ring (bicyclic) bond motifs is 7. The van der Waals surface area contributed by atoms with Crippen LogP contribution in [0.3, 0.4) is 0 Å². The molecule has 3 heterocycles. The number of rotatable bonds is 7. The minimum atomic E-state index is -3.05. The van der Waals surface area contributed by atoms with Crippen molar-refractivity contribution in [2.45, 2.75) is 26.2 Å². The SMILES string of the molecule is CC(C)(C)c1ccc(-c2cc3c4c(c2)[Si](c2ccccc2)(c2ccccc2)c2ccccc2B4c2cc(-n4c5ccccc5c5cc(-c6ccccc6)ccc54)ccc2N3c2ccc(-c3ccccc3)cc2)cc1. The second-order valence-electron chi connectivity index (χ2n) is 21.2. The van der Waals surface area contributed by atoms with Crippen LogP contribution in [0.15, 0.2) is 267 Å². The molecule has 0 N–H and O–H groups in total. The standard InChI is InChI=1S/C70H53BN2Si/c1-70(2,3)54-37-32-51(33-38-54)53-45-66-69-68(46-53)74(57-24-12-6-13-25-57,58-26-14-7-15-27-58)67-31-19-17-29-61(67)71(69)62-47-56(41-43-65(62)72(66)55-39-34-50(35-40-55)48-20-8-4-9-21-48)73-63-30-18-16-28-59(63)60-44-52(36-42-64(60)73)49-22-10-5-11-23-49/h4-47H,1-3H3. The zero-order valence-corrected chi connectivity index (χ0v) is 42.9. The Hall–Kier alpha value is -8.70. The smallest absolute Gasteiger partial charge is 0.246 e. The molecule has 0 amide bonds. The van der Waals surface area contributed by atoms with Crippen LogP contribution in [0.2, 0.25) is 0 Å². The lowest BCUT2D eigenvalue weighted by Crippen LogP contribution is -2.87. The van der Waals surface area contributed by atoms with Crippen molar-refractivity contribution in [2.75, 3.05) is 4.90 Å². The topological polar surface area (TPSA) is 8.17 Å². The van der Waals surface area contributed by atoms with Crippen LogP contribution in [0.4, 0.5) is 17.1 Å². The summed E-state index contributed by atoms with van der Waals surface area (Å²) in [4.78, 5) is 2.59. The van der Waals surface area contributed by atoms with Crippen molar-refractivity contribution in [3.8, 4) is 39.1 Å². The summed E-state index contributed by atoms with van der Waals surface area (Å²) in [5.74, 6) is 0. The van der Waals surface area contributed by atoms with Gasteiger partial charge in [-0.05, 0) is 131 Å². The molecular weight excluding hydrogens is 908 g/mol. The van der Waals surface area contributed by atoms with Gasteiger partial charge in [0.1, 0.15) is 0 Å². The first-order valence-electron chi connectivity index (χ1n) is 26.0. The lowest BCUT2D eigenvalue weighted by Gasteiger charge is -2.47. The molecule has 0 bridgehead atoms. The zero-order valence-electron chi connectivity index (χ0n) is 41.9. The Morgan fingerprint density at radius 3 is 1.55 bits per heavy atom. The van der Waals surface area contributed by atoms with Crippen molar-refractivity contribution >= 4 is 90.8 Å². The highest BCUT2D eigenvalue weighted by molar-refractivity contribution is 7.26. The van der Waals surface area contributed by atoms with Gasteiger partial charge in [-0.3, -0.25) is 0 Å². The van der Waals surface area contributed by atoms with Crippen LogP contribution < -0.4 is 42.0 Å². The molecule has 0 aliphatic carbocycles. The van der Waals surface area contributed by atoms with E-state index in [0.29, 0.717) is 0 Å². The van der Waals surface area contributed by atoms with Crippen molar-refractivity contribution < 1.29 is 0 Å². The summed E-state index contributed by atoms with van der Waals surface area (Å²) >= 11 is 0. The van der Waals surface area contributed by atoms with Crippen LogP contribution in [-0.2, 0) is 5.41 Å². The second-order valence-corrected chi connectivity index (χ2v) is 25.0. The summed E-state index contributed by atoms with van der Waals surface area (Å²) in [7, 11) is -3.05. The molecular formula is C70H53BN2Si. The van der Waals surface area contributed by atoms with Crippen molar-refractivity contribution in [2.24, 2.45) is 0 Å². The van der Waals surface area contributed by atoms with E-state index < -0.39 is 8.07 Å². The highest BCUT2D eigenvalue weighted by atomic mass is 28.3. The van der Waals surface area contributed by atoms with Crippen molar-refractivity contribution in [3.63, 3.8) is 0 Å². The normalized spacial score (nSPS) is 13.4. The van der Waals surface area contributed by atoms with Gasteiger partial charge in [-0.1, -0.05) is 239 Å². The number of para-hydroxylation sites is 1. The molecule has 0 saturated heterocycles. The number of benzene rings is 11. The molecule has 12 aromatic rings. The number of hydrogen-bond donors (Lipinski definition) is 0. The van der Waals surface area contributed by atoms with Gasteiger partial charge in [0.15, 0.2) is 8.07 Å². The van der Waals surface area contributed by atoms with E-state index in [9.17, 15) is 0 Å². The first-order chi connectivity index (χ1) is 36.3.